The SMILES string of the molecule is CCCCCCC(CO)CCCCCCO. The van der Waals surface area contributed by atoms with Crippen LogP contribution < -0.4 is 0 Å². The van der Waals surface area contributed by atoms with Crippen LogP contribution in [0, 0.1) is 5.92 Å². The van der Waals surface area contributed by atoms with Crippen LogP contribution in [0.2, 0.25) is 0 Å². The van der Waals surface area contributed by atoms with Crippen LogP contribution in [0.25, 0.3) is 0 Å². The molecule has 16 heavy (non-hydrogen) atoms. The second-order valence-electron chi connectivity index (χ2n) is 4.82. The fourth-order valence-electron chi connectivity index (χ4n) is 2.09. The van der Waals surface area contributed by atoms with Gasteiger partial charge >= 0.3 is 0 Å². The zero-order chi connectivity index (χ0) is 12.1. The van der Waals surface area contributed by atoms with Crippen molar-refractivity contribution in [3.63, 3.8) is 0 Å². The quantitative estimate of drug-likeness (QED) is 0.504. The van der Waals surface area contributed by atoms with Gasteiger partial charge in [-0.05, 0) is 25.2 Å². The van der Waals surface area contributed by atoms with Crippen molar-refractivity contribution in [1.29, 1.82) is 0 Å². The topological polar surface area (TPSA) is 40.5 Å². The largest absolute Gasteiger partial charge is 0.396 e. The standard InChI is InChI=1S/C14H30O2/c1-2-3-4-7-10-14(13-16)11-8-5-6-9-12-15/h14-16H,2-13H2,1H3. The van der Waals surface area contributed by atoms with Gasteiger partial charge in [-0.2, -0.15) is 0 Å². The highest BCUT2D eigenvalue weighted by Crippen LogP contribution is 2.17. The predicted molar refractivity (Wildman–Crippen MR) is 69.5 cm³/mol. The maximum atomic E-state index is 9.25. The number of aliphatic hydroxyl groups is 2. The highest BCUT2D eigenvalue weighted by Gasteiger charge is 2.06. The minimum absolute atomic E-state index is 0.320. The molecule has 0 bridgehead atoms. The van der Waals surface area contributed by atoms with E-state index in [1.54, 1.807) is 0 Å². The van der Waals surface area contributed by atoms with Crippen LogP contribution in [0.1, 0.15) is 71.1 Å². The highest BCUT2D eigenvalue weighted by molar-refractivity contribution is 4.59. The minimum Gasteiger partial charge on any atom is -0.396 e. The Morgan fingerprint density at radius 1 is 0.750 bits per heavy atom. The first-order valence-corrected chi connectivity index (χ1v) is 7.06. The summed E-state index contributed by atoms with van der Waals surface area (Å²) in [5, 5.41) is 17.9. The fraction of sp³-hybridized carbons (Fsp3) is 1.00. The van der Waals surface area contributed by atoms with E-state index in [4.69, 9.17) is 5.11 Å². The van der Waals surface area contributed by atoms with E-state index in [1.807, 2.05) is 0 Å². The Kier molecular flexibility index (Phi) is 12.9. The van der Waals surface area contributed by atoms with E-state index in [-0.39, 0.29) is 0 Å². The molecular weight excluding hydrogens is 200 g/mol. The van der Waals surface area contributed by atoms with Gasteiger partial charge in [-0.25, -0.2) is 0 Å². The molecule has 0 saturated carbocycles. The van der Waals surface area contributed by atoms with Crippen molar-refractivity contribution in [3.8, 4) is 0 Å². The Balaban J connectivity index is 3.29. The minimum atomic E-state index is 0.320. The van der Waals surface area contributed by atoms with Crippen molar-refractivity contribution in [2.75, 3.05) is 13.2 Å². The van der Waals surface area contributed by atoms with E-state index in [9.17, 15) is 5.11 Å². The molecule has 0 aliphatic rings. The van der Waals surface area contributed by atoms with E-state index in [1.165, 1.54) is 44.9 Å². The molecular formula is C14H30O2. The normalized spacial score (nSPS) is 12.9. The van der Waals surface area contributed by atoms with Crippen LogP contribution in [-0.2, 0) is 0 Å². The van der Waals surface area contributed by atoms with Gasteiger partial charge in [0.15, 0.2) is 0 Å². The summed E-state index contributed by atoms with van der Waals surface area (Å²) in [6, 6.07) is 0. The monoisotopic (exact) mass is 230 g/mol. The van der Waals surface area contributed by atoms with E-state index in [0.717, 1.165) is 19.3 Å². The molecule has 0 aliphatic heterocycles. The molecule has 0 aromatic rings. The summed E-state index contributed by atoms with van der Waals surface area (Å²) in [6.45, 7) is 2.90. The fourth-order valence-corrected chi connectivity index (χ4v) is 2.09. The molecule has 2 nitrogen and oxygen atoms in total. The summed E-state index contributed by atoms with van der Waals surface area (Å²) in [7, 11) is 0. The summed E-state index contributed by atoms with van der Waals surface area (Å²) in [5.41, 5.74) is 0. The van der Waals surface area contributed by atoms with Crippen LogP contribution >= 0.6 is 0 Å². The first kappa shape index (κ1) is 15.9. The lowest BCUT2D eigenvalue weighted by molar-refractivity contribution is 0.203. The lowest BCUT2D eigenvalue weighted by Crippen LogP contribution is -2.06. The number of rotatable bonds is 12. The molecule has 0 rings (SSSR count). The van der Waals surface area contributed by atoms with E-state index in [0.29, 0.717) is 19.1 Å². The lowest BCUT2D eigenvalue weighted by Gasteiger charge is -2.13. The van der Waals surface area contributed by atoms with E-state index < -0.39 is 0 Å². The summed E-state index contributed by atoms with van der Waals surface area (Å²) in [5.74, 6) is 0.519. The number of hydrogen-bond acceptors (Lipinski definition) is 2. The first-order chi connectivity index (χ1) is 7.85. The van der Waals surface area contributed by atoms with Crippen molar-refractivity contribution < 1.29 is 10.2 Å². The van der Waals surface area contributed by atoms with Gasteiger partial charge in [-0.3, -0.25) is 0 Å². The zero-order valence-corrected chi connectivity index (χ0v) is 11.0. The molecule has 0 aromatic heterocycles. The highest BCUT2D eigenvalue weighted by atomic mass is 16.3. The average Bonchev–Trinajstić information content (AvgIpc) is 2.31. The second-order valence-corrected chi connectivity index (χ2v) is 4.82. The summed E-state index contributed by atoms with van der Waals surface area (Å²) < 4.78 is 0. The van der Waals surface area contributed by atoms with Gasteiger partial charge in [-0.1, -0.05) is 51.9 Å². The van der Waals surface area contributed by atoms with E-state index >= 15 is 0 Å². The van der Waals surface area contributed by atoms with Crippen molar-refractivity contribution >= 4 is 0 Å². The Hall–Kier alpha value is -0.0800. The Labute approximate surface area is 101 Å². The predicted octanol–water partition coefficient (Wildman–Crippen LogP) is 3.51. The van der Waals surface area contributed by atoms with Gasteiger partial charge in [0.2, 0.25) is 0 Å². The molecule has 0 saturated heterocycles. The molecule has 0 aliphatic carbocycles. The Bertz CT molecular complexity index is 126. The van der Waals surface area contributed by atoms with Crippen molar-refractivity contribution in [1.82, 2.24) is 0 Å². The third-order valence-electron chi connectivity index (χ3n) is 3.24. The van der Waals surface area contributed by atoms with Crippen molar-refractivity contribution in [2.45, 2.75) is 71.1 Å². The first-order valence-electron chi connectivity index (χ1n) is 7.06. The number of hydrogen-bond donors (Lipinski definition) is 2. The summed E-state index contributed by atoms with van der Waals surface area (Å²) in [6.07, 6.45) is 12.0. The van der Waals surface area contributed by atoms with Crippen LogP contribution in [0.4, 0.5) is 0 Å². The van der Waals surface area contributed by atoms with Crippen LogP contribution in [0.15, 0.2) is 0 Å². The summed E-state index contributed by atoms with van der Waals surface area (Å²) >= 11 is 0. The molecule has 0 aromatic carbocycles. The van der Waals surface area contributed by atoms with Gasteiger partial charge in [0.25, 0.3) is 0 Å². The molecule has 1 atom stereocenters. The van der Waals surface area contributed by atoms with E-state index in [2.05, 4.69) is 6.92 Å². The molecule has 0 radical (unpaired) electrons. The van der Waals surface area contributed by atoms with Crippen LogP contribution in [0.3, 0.4) is 0 Å². The van der Waals surface area contributed by atoms with Gasteiger partial charge in [0.05, 0.1) is 0 Å². The molecule has 2 N–H and O–H groups in total. The number of aliphatic hydroxyl groups excluding tert-OH is 2. The van der Waals surface area contributed by atoms with Crippen LogP contribution in [0.5, 0.6) is 0 Å². The third-order valence-corrected chi connectivity index (χ3v) is 3.24. The van der Waals surface area contributed by atoms with Gasteiger partial charge < -0.3 is 10.2 Å². The molecule has 0 spiro atoms. The van der Waals surface area contributed by atoms with Crippen molar-refractivity contribution in [2.24, 2.45) is 5.92 Å². The van der Waals surface area contributed by atoms with Gasteiger partial charge in [-0.15, -0.1) is 0 Å². The zero-order valence-electron chi connectivity index (χ0n) is 11.0. The maximum absolute atomic E-state index is 9.25. The third kappa shape index (κ3) is 10.4. The number of unbranched alkanes of at least 4 members (excludes halogenated alkanes) is 6. The summed E-state index contributed by atoms with van der Waals surface area (Å²) in [4.78, 5) is 0. The molecule has 0 amide bonds. The molecule has 1 unspecified atom stereocenters. The van der Waals surface area contributed by atoms with Crippen LogP contribution in [-0.4, -0.2) is 23.4 Å². The molecule has 98 valence electrons. The average molecular weight is 230 g/mol. The maximum Gasteiger partial charge on any atom is 0.0459 e. The molecule has 0 fully saturated rings. The Morgan fingerprint density at radius 2 is 1.31 bits per heavy atom. The van der Waals surface area contributed by atoms with Gasteiger partial charge in [0.1, 0.15) is 0 Å². The Morgan fingerprint density at radius 3 is 1.81 bits per heavy atom. The van der Waals surface area contributed by atoms with Crippen molar-refractivity contribution in [3.05, 3.63) is 0 Å². The lowest BCUT2D eigenvalue weighted by atomic mass is 9.95. The second kappa shape index (κ2) is 13.0. The smallest absolute Gasteiger partial charge is 0.0459 e. The van der Waals surface area contributed by atoms with Gasteiger partial charge in [0, 0.05) is 13.2 Å². The molecule has 0 heterocycles. The molecule has 2 heteroatoms.